The van der Waals surface area contributed by atoms with Gasteiger partial charge in [0.1, 0.15) is 0 Å². The first-order valence-corrected chi connectivity index (χ1v) is 8.19. The van der Waals surface area contributed by atoms with Crippen LogP contribution in [0.5, 0.6) is 0 Å². The molecule has 1 nitrogen and oxygen atoms in total. The maximum absolute atomic E-state index is 8.92. The van der Waals surface area contributed by atoms with Crippen LogP contribution in [0.4, 0.5) is 0 Å². The van der Waals surface area contributed by atoms with E-state index in [1.54, 1.807) is 0 Å². The van der Waals surface area contributed by atoms with E-state index in [0.717, 1.165) is 17.8 Å². The average Bonchev–Trinajstić information content (AvgIpc) is 2.66. The fourth-order valence-electron chi connectivity index (χ4n) is 3.71. The minimum Gasteiger partial charge on any atom is -0.198 e. The van der Waals surface area contributed by atoms with Crippen molar-refractivity contribution in [3.63, 3.8) is 0 Å². The summed E-state index contributed by atoms with van der Waals surface area (Å²) in [4.78, 5) is 0. The molecule has 0 aromatic rings. The predicted octanol–water partition coefficient (Wildman–Crippen LogP) is 5.56. The summed E-state index contributed by atoms with van der Waals surface area (Å²) < 4.78 is 0. The molecule has 18 heavy (non-hydrogen) atoms. The Morgan fingerprint density at radius 2 is 1.33 bits per heavy atom. The molecule has 1 heteroatoms. The van der Waals surface area contributed by atoms with Gasteiger partial charge < -0.3 is 0 Å². The standard InChI is InChI=1S/C15H25N.C2H6/c1-12-3-2-4-14(8-5-12)15-9-6-13(11-16)7-10-15;1-2/h12-15H,2-10H2,1H3;1-2H3. The number of rotatable bonds is 1. The molecule has 0 aromatic heterocycles. The summed E-state index contributed by atoms with van der Waals surface area (Å²) in [6, 6.07) is 2.45. The second kappa shape index (κ2) is 8.57. The minimum absolute atomic E-state index is 0.376. The third-order valence-electron chi connectivity index (χ3n) is 4.92. The number of nitrogens with zero attached hydrogens (tertiary/aromatic N) is 1. The van der Waals surface area contributed by atoms with Crippen LogP contribution in [-0.4, -0.2) is 0 Å². The van der Waals surface area contributed by atoms with E-state index in [1.165, 1.54) is 57.8 Å². The highest BCUT2D eigenvalue weighted by Gasteiger charge is 2.28. The van der Waals surface area contributed by atoms with Gasteiger partial charge in [-0.3, -0.25) is 0 Å². The van der Waals surface area contributed by atoms with Gasteiger partial charge >= 0.3 is 0 Å². The van der Waals surface area contributed by atoms with Crippen LogP contribution < -0.4 is 0 Å². The van der Waals surface area contributed by atoms with Crippen molar-refractivity contribution in [1.29, 1.82) is 5.26 Å². The van der Waals surface area contributed by atoms with Crippen molar-refractivity contribution in [1.82, 2.24) is 0 Å². The molecular weight excluding hydrogens is 218 g/mol. The van der Waals surface area contributed by atoms with Crippen LogP contribution in [0.15, 0.2) is 0 Å². The maximum Gasteiger partial charge on any atom is 0.0655 e. The van der Waals surface area contributed by atoms with Gasteiger partial charge in [0.25, 0.3) is 0 Å². The Morgan fingerprint density at radius 3 is 1.94 bits per heavy atom. The van der Waals surface area contributed by atoms with E-state index in [-0.39, 0.29) is 0 Å². The molecule has 0 radical (unpaired) electrons. The van der Waals surface area contributed by atoms with Gasteiger partial charge in [-0.2, -0.15) is 5.26 Å². The SMILES string of the molecule is CC.CC1CCCC(C2CCC(C#N)CC2)CC1. The third kappa shape index (κ3) is 4.63. The van der Waals surface area contributed by atoms with Crippen molar-refractivity contribution in [3.8, 4) is 6.07 Å². The van der Waals surface area contributed by atoms with Gasteiger partial charge in [-0.15, -0.1) is 0 Å². The van der Waals surface area contributed by atoms with Gasteiger partial charge in [-0.1, -0.05) is 46.5 Å². The first kappa shape index (κ1) is 15.5. The molecule has 0 N–H and O–H groups in total. The molecular formula is C17H31N. The Kier molecular flexibility index (Phi) is 7.40. The van der Waals surface area contributed by atoms with Crippen LogP contribution in [-0.2, 0) is 0 Å². The van der Waals surface area contributed by atoms with E-state index in [9.17, 15) is 0 Å². The summed E-state index contributed by atoms with van der Waals surface area (Å²) in [6.45, 7) is 6.41. The van der Waals surface area contributed by atoms with E-state index in [2.05, 4.69) is 13.0 Å². The molecule has 0 heterocycles. The monoisotopic (exact) mass is 249 g/mol. The summed E-state index contributed by atoms with van der Waals surface area (Å²) in [7, 11) is 0. The molecule has 0 aromatic carbocycles. The Balaban J connectivity index is 0.000000771. The molecule has 104 valence electrons. The molecule has 2 saturated carbocycles. The van der Waals surface area contributed by atoms with E-state index >= 15 is 0 Å². The Morgan fingerprint density at radius 1 is 0.778 bits per heavy atom. The fourth-order valence-corrected chi connectivity index (χ4v) is 3.71. The van der Waals surface area contributed by atoms with Crippen molar-refractivity contribution < 1.29 is 0 Å². The normalized spacial score (nSPS) is 36.8. The van der Waals surface area contributed by atoms with Crippen molar-refractivity contribution in [2.45, 2.75) is 78.6 Å². The number of nitriles is 1. The largest absolute Gasteiger partial charge is 0.198 e. The lowest BCUT2D eigenvalue weighted by Crippen LogP contribution is -2.21. The van der Waals surface area contributed by atoms with Crippen LogP contribution in [0.2, 0.25) is 0 Å². The van der Waals surface area contributed by atoms with E-state index in [4.69, 9.17) is 5.26 Å². The van der Waals surface area contributed by atoms with Crippen LogP contribution in [0, 0.1) is 35.0 Å². The lowest BCUT2D eigenvalue weighted by molar-refractivity contribution is 0.206. The zero-order valence-corrected chi connectivity index (χ0v) is 12.6. The zero-order chi connectivity index (χ0) is 13.4. The highest BCUT2D eigenvalue weighted by molar-refractivity contribution is 4.89. The first-order chi connectivity index (χ1) is 8.79. The van der Waals surface area contributed by atoms with Crippen molar-refractivity contribution in [3.05, 3.63) is 0 Å². The molecule has 2 unspecified atom stereocenters. The molecule has 2 fully saturated rings. The molecule has 2 aliphatic rings. The Hall–Kier alpha value is -0.510. The van der Waals surface area contributed by atoms with E-state index in [0.29, 0.717) is 5.92 Å². The minimum atomic E-state index is 0.376. The summed E-state index contributed by atoms with van der Waals surface area (Å²) in [6.07, 6.45) is 12.3. The van der Waals surface area contributed by atoms with E-state index in [1.807, 2.05) is 13.8 Å². The van der Waals surface area contributed by atoms with Crippen LogP contribution >= 0.6 is 0 Å². The van der Waals surface area contributed by atoms with Gasteiger partial charge in [-0.05, 0) is 49.9 Å². The Bertz CT molecular complexity index is 245. The highest BCUT2D eigenvalue weighted by Crippen LogP contribution is 2.39. The van der Waals surface area contributed by atoms with Gasteiger partial charge in [-0.25, -0.2) is 0 Å². The average molecular weight is 249 g/mol. The van der Waals surface area contributed by atoms with Gasteiger partial charge in [0.2, 0.25) is 0 Å². The van der Waals surface area contributed by atoms with Crippen molar-refractivity contribution >= 4 is 0 Å². The van der Waals surface area contributed by atoms with Crippen LogP contribution in [0.25, 0.3) is 0 Å². The summed E-state index contributed by atoms with van der Waals surface area (Å²) >= 11 is 0. The summed E-state index contributed by atoms with van der Waals surface area (Å²) in [5.74, 6) is 3.28. The van der Waals surface area contributed by atoms with Gasteiger partial charge in [0.15, 0.2) is 0 Å². The van der Waals surface area contributed by atoms with E-state index < -0.39 is 0 Å². The van der Waals surface area contributed by atoms with Crippen molar-refractivity contribution in [2.75, 3.05) is 0 Å². The molecule has 0 bridgehead atoms. The van der Waals surface area contributed by atoms with Crippen LogP contribution in [0.3, 0.4) is 0 Å². The molecule has 0 saturated heterocycles. The molecule has 2 atom stereocenters. The lowest BCUT2D eigenvalue weighted by atomic mass is 9.74. The number of hydrogen-bond acceptors (Lipinski definition) is 1. The van der Waals surface area contributed by atoms with Crippen molar-refractivity contribution in [2.24, 2.45) is 23.7 Å². The number of hydrogen-bond donors (Lipinski definition) is 0. The lowest BCUT2D eigenvalue weighted by Gasteiger charge is -2.31. The molecule has 0 spiro atoms. The zero-order valence-electron chi connectivity index (χ0n) is 12.6. The first-order valence-electron chi connectivity index (χ1n) is 8.19. The predicted molar refractivity (Wildman–Crippen MR) is 78.1 cm³/mol. The molecule has 2 rings (SSSR count). The van der Waals surface area contributed by atoms with Gasteiger partial charge in [0, 0.05) is 5.92 Å². The quantitative estimate of drug-likeness (QED) is 0.558. The maximum atomic E-state index is 8.92. The smallest absolute Gasteiger partial charge is 0.0655 e. The summed E-state index contributed by atoms with van der Waals surface area (Å²) in [5, 5.41) is 8.92. The Labute approximate surface area is 114 Å². The molecule has 0 aliphatic heterocycles. The fraction of sp³-hybridized carbons (Fsp3) is 0.941. The molecule has 2 aliphatic carbocycles. The second-order valence-electron chi connectivity index (χ2n) is 6.11. The topological polar surface area (TPSA) is 23.8 Å². The highest BCUT2D eigenvalue weighted by atomic mass is 14.4. The van der Waals surface area contributed by atoms with Gasteiger partial charge in [0.05, 0.1) is 6.07 Å². The molecule has 0 amide bonds. The van der Waals surface area contributed by atoms with Crippen LogP contribution in [0.1, 0.15) is 78.6 Å². The summed E-state index contributed by atoms with van der Waals surface area (Å²) in [5.41, 5.74) is 0. The third-order valence-corrected chi connectivity index (χ3v) is 4.92. The second-order valence-corrected chi connectivity index (χ2v) is 6.11.